The van der Waals surface area contributed by atoms with Crippen molar-refractivity contribution in [3.8, 4) is 0 Å². The van der Waals surface area contributed by atoms with E-state index in [2.05, 4.69) is 35.2 Å². The van der Waals surface area contributed by atoms with Crippen LogP contribution in [0.1, 0.15) is 11.1 Å². The summed E-state index contributed by atoms with van der Waals surface area (Å²) in [6.45, 7) is 3.31. The highest BCUT2D eigenvalue weighted by Gasteiger charge is 2.26. The third kappa shape index (κ3) is 3.26. The van der Waals surface area contributed by atoms with Crippen molar-refractivity contribution < 1.29 is 4.39 Å². The molecule has 0 atom stereocenters. The molecule has 1 nitrogen and oxygen atoms in total. The molecule has 1 fully saturated rings. The van der Waals surface area contributed by atoms with Crippen molar-refractivity contribution in [3.05, 3.63) is 71.5 Å². The maximum atomic E-state index is 13.6. The second-order valence-corrected chi connectivity index (χ2v) is 5.66. The first-order chi connectivity index (χ1) is 9.81. The van der Waals surface area contributed by atoms with Gasteiger partial charge in [0.05, 0.1) is 0 Å². The lowest BCUT2D eigenvalue weighted by molar-refractivity contribution is 0.102. The quantitative estimate of drug-likeness (QED) is 0.802. The summed E-state index contributed by atoms with van der Waals surface area (Å²) < 4.78 is 13.6. The summed E-state index contributed by atoms with van der Waals surface area (Å²) in [6.07, 6.45) is 1.97. The van der Waals surface area contributed by atoms with E-state index < -0.39 is 0 Å². The predicted molar refractivity (Wildman–Crippen MR) is 80.2 cm³/mol. The molecule has 1 aliphatic rings. The van der Waals surface area contributed by atoms with Crippen LogP contribution in [0.4, 0.5) is 4.39 Å². The van der Waals surface area contributed by atoms with Crippen LogP contribution in [0, 0.1) is 11.7 Å². The van der Waals surface area contributed by atoms with Crippen LogP contribution in [0.5, 0.6) is 0 Å². The number of likely N-dealkylation sites (tertiary alicyclic amines) is 1. The molecule has 0 aromatic heterocycles. The SMILES string of the molecule is Fc1ccccc1CC1CN(CCc2ccccc2)C1. The van der Waals surface area contributed by atoms with E-state index in [1.165, 1.54) is 5.56 Å². The van der Waals surface area contributed by atoms with Crippen molar-refractivity contribution >= 4 is 0 Å². The molecule has 0 radical (unpaired) electrons. The molecule has 1 heterocycles. The lowest BCUT2D eigenvalue weighted by Crippen LogP contribution is -2.48. The molecule has 2 aromatic rings. The van der Waals surface area contributed by atoms with Crippen molar-refractivity contribution in [2.24, 2.45) is 5.92 Å². The zero-order valence-corrected chi connectivity index (χ0v) is 11.6. The minimum Gasteiger partial charge on any atom is -0.302 e. The average molecular weight is 269 g/mol. The summed E-state index contributed by atoms with van der Waals surface area (Å²) in [6, 6.07) is 17.7. The standard InChI is InChI=1S/C18H20FN/c19-18-9-5-4-8-17(18)12-16-13-20(14-16)11-10-15-6-2-1-3-7-15/h1-9,16H,10-14H2. The van der Waals surface area contributed by atoms with E-state index in [4.69, 9.17) is 0 Å². The van der Waals surface area contributed by atoms with Gasteiger partial charge >= 0.3 is 0 Å². The molecule has 1 aliphatic heterocycles. The van der Waals surface area contributed by atoms with Gasteiger partial charge in [0, 0.05) is 19.6 Å². The van der Waals surface area contributed by atoms with Crippen LogP contribution < -0.4 is 0 Å². The molecule has 2 aromatic carbocycles. The van der Waals surface area contributed by atoms with Crippen LogP contribution in [-0.4, -0.2) is 24.5 Å². The van der Waals surface area contributed by atoms with E-state index in [1.807, 2.05) is 12.1 Å². The molecular formula is C18H20FN. The third-order valence-electron chi connectivity index (χ3n) is 4.06. The van der Waals surface area contributed by atoms with Gasteiger partial charge in [-0.2, -0.15) is 0 Å². The summed E-state index contributed by atoms with van der Waals surface area (Å²) in [5.41, 5.74) is 2.25. The molecular weight excluding hydrogens is 249 g/mol. The van der Waals surface area contributed by atoms with Gasteiger partial charge in [-0.15, -0.1) is 0 Å². The highest BCUT2D eigenvalue weighted by Crippen LogP contribution is 2.22. The summed E-state index contributed by atoms with van der Waals surface area (Å²) in [5, 5.41) is 0. The van der Waals surface area contributed by atoms with E-state index in [9.17, 15) is 4.39 Å². The van der Waals surface area contributed by atoms with Gasteiger partial charge in [0.1, 0.15) is 5.82 Å². The van der Waals surface area contributed by atoms with Crippen molar-refractivity contribution in [2.75, 3.05) is 19.6 Å². The van der Waals surface area contributed by atoms with Gasteiger partial charge in [0.25, 0.3) is 0 Å². The molecule has 0 spiro atoms. The van der Waals surface area contributed by atoms with Gasteiger partial charge in [-0.3, -0.25) is 0 Å². The Hall–Kier alpha value is -1.67. The van der Waals surface area contributed by atoms with E-state index in [0.717, 1.165) is 38.0 Å². The maximum Gasteiger partial charge on any atom is 0.126 e. The third-order valence-corrected chi connectivity index (χ3v) is 4.06. The highest BCUT2D eigenvalue weighted by atomic mass is 19.1. The van der Waals surface area contributed by atoms with Gasteiger partial charge < -0.3 is 4.90 Å². The number of benzene rings is 2. The number of rotatable bonds is 5. The van der Waals surface area contributed by atoms with Crippen molar-refractivity contribution in [1.29, 1.82) is 0 Å². The Morgan fingerprint density at radius 3 is 2.40 bits per heavy atom. The van der Waals surface area contributed by atoms with Gasteiger partial charge in [-0.05, 0) is 36.0 Å². The minimum absolute atomic E-state index is 0.0600. The summed E-state index contributed by atoms with van der Waals surface area (Å²) in [7, 11) is 0. The van der Waals surface area contributed by atoms with E-state index in [-0.39, 0.29) is 5.82 Å². The Morgan fingerprint density at radius 2 is 1.65 bits per heavy atom. The van der Waals surface area contributed by atoms with E-state index in [1.54, 1.807) is 12.1 Å². The van der Waals surface area contributed by atoms with Crippen LogP contribution in [0.15, 0.2) is 54.6 Å². The Balaban J connectivity index is 1.42. The van der Waals surface area contributed by atoms with Gasteiger partial charge in [-0.1, -0.05) is 48.5 Å². The summed E-state index contributed by atoms with van der Waals surface area (Å²) >= 11 is 0. The average Bonchev–Trinajstić information content (AvgIpc) is 2.44. The topological polar surface area (TPSA) is 3.24 Å². The van der Waals surface area contributed by atoms with E-state index in [0.29, 0.717) is 5.92 Å². The number of hydrogen-bond donors (Lipinski definition) is 0. The fraction of sp³-hybridized carbons (Fsp3) is 0.333. The van der Waals surface area contributed by atoms with Gasteiger partial charge in [0.2, 0.25) is 0 Å². The molecule has 0 aliphatic carbocycles. The Bertz CT molecular complexity index is 546. The Labute approximate surface area is 120 Å². The number of halogens is 1. The molecule has 104 valence electrons. The molecule has 0 saturated carbocycles. The van der Waals surface area contributed by atoms with Gasteiger partial charge in [0.15, 0.2) is 0 Å². The van der Waals surface area contributed by atoms with Crippen LogP contribution in [0.25, 0.3) is 0 Å². The molecule has 0 bridgehead atoms. The van der Waals surface area contributed by atoms with Crippen LogP contribution in [0.3, 0.4) is 0 Å². The first kappa shape index (κ1) is 13.3. The molecule has 0 N–H and O–H groups in total. The fourth-order valence-corrected chi connectivity index (χ4v) is 2.90. The lowest BCUT2D eigenvalue weighted by atomic mass is 9.91. The summed E-state index contributed by atoms with van der Waals surface area (Å²) in [5.74, 6) is 0.554. The van der Waals surface area contributed by atoms with Crippen molar-refractivity contribution in [2.45, 2.75) is 12.8 Å². The first-order valence-electron chi connectivity index (χ1n) is 7.31. The molecule has 0 amide bonds. The second-order valence-electron chi connectivity index (χ2n) is 5.66. The molecule has 3 rings (SSSR count). The Kier molecular flexibility index (Phi) is 4.12. The molecule has 2 heteroatoms. The molecule has 0 unspecified atom stereocenters. The maximum absolute atomic E-state index is 13.6. The summed E-state index contributed by atoms with van der Waals surface area (Å²) in [4.78, 5) is 2.46. The smallest absolute Gasteiger partial charge is 0.126 e. The van der Waals surface area contributed by atoms with Crippen LogP contribution in [-0.2, 0) is 12.8 Å². The number of nitrogens with zero attached hydrogens (tertiary/aromatic N) is 1. The first-order valence-corrected chi connectivity index (χ1v) is 7.31. The van der Waals surface area contributed by atoms with Crippen LogP contribution >= 0.6 is 0 Å². The van der Waals surface area contributed by atoms with Crippen LogP contribution in [0.2, 0.25) is 0 Å². The van der Waals surface area contributed by atoms with Crippen molar-refractivity contribution in [1.82, 2.24) is 4.90 Å². The monoisotopic (exact) mass is 269 g/mol. The zero-order valence-electron chi connectivity index (χ0n) is 11.6. The highest BCUT2D eigenvalue weighted by molar-refractivity contribution is 5.19. The number of hydrogen-bond acceptors (Lipinski definition) is 1. The second kappa shape index (κ2) is 6.19. The molecule has 1 saturated heterocycles. The zero-order chi connectivity index (χ0) is 13.8. The van der Waals surface area contributed by atoms with E-state index >= 15 is 0 Å². The Morgan fingerprint density at radius 1 is 0.950 bits per heavy atom. The largest absolute Gasteiger partial charge is 0.302 e. The fourth-order valence-electron chi connectivity index (χ4n) is 2.90. The normalized spacial score (nSPS) is 16.1. The lowest BCUT2D eigenvalue weighted by Gasteiger charge is -2.39. The van der Waals surface area contributed by atoms with Crippen molar-refractivity contribution in [3.63, 3.8) is 0 Å². The predicted octanol–water partition coefficient (Wildman–Crippen LogP) is 3.54. The molecule has 20 heavy (non-hydrogen) atoms. The minimum atomic E-state index is -0.0600. The van der Waals surface area contributed by atoms with Gasteiger partial charge in [-0.25, -0.2) is 4.39 Å².